The standard InChI is InChI=1S/C30H45NO3/c1-18(2)25-14-23(15-26(19(3)4)29(25)33)10-12-31(22(9)32)13-11-24-16-27(20(5)6)30(34)28(17-24)21(7)8/h14-21,33-34H,10-13H2,1-9H3. The Hall–Kier alpha value is -2.49. The lowest BCUT2D eigenvalue weighted by atomic mass is 9.90. The van der Waals surface area contributed by atoms with Crippen LogP contribution in [0.3, 0.4) is 0 Å². The third-order valence-electron chi connectivity index (χ3n) is 6.73. The van der Waals surface area contributed by atoms with Gasteiger partial charge in [-0.1, -0.05) is 79.7 Å². The Kier molecular flexibility index (Phi) is 9.61. The molecule has 0 bridgehead atoms. The quantitative estimate of drug-likeness (QED) is 0.387. The second-order valence-electron chi connectivity index (χ2n) is 10.9. The Morgan fingerprint density at radius 3 is 1.12 bits per heavy atom. The molecule has 2 aromatic carbocycles. The maximum Gasteiger partial charge on any atom is 0.219 e. The molecule has 0 aromatic heterocycles. The predicted molar refractivity (Wildman–Crippen MR) is 142 cm³/mol. The highest BCUT2D eigenvalue weighted by Gasteiger charge is 2.18. The molecule has 4 nitrogen and oxygen atoms in total. The smallest absolute Gasteiger partial charge is 0.219 e. The molecule has 0 radical (unpaired) electrons. The highest BCUT2D eigenvalue weighted by molar-refractivity contribution is 5.73. The minimum Gasteiger partial charge on any atom is -0.507 e. The van der Waals surface area contributed by atoms with Crippen molar-refractivity contribution in [1.29, 1.82) is 0 Å². The van der Waals surface area contributed by atoms with Crippen LogP contribution < -0.4 is 0 Å². The SMILES string of the molecule is CC(=O)N(CCc1cc(C(C)C)c(O)c(C(C)C)c1)CCc1cc(C(C)C)c(O)c(C(C)C)c1. The molecule has 0 atom stereocenters. The lowest BCUT2D eigenvalue weighted by Crippen LogP contribution is -2.32. The van der Waals surface area contributed by atoms with Crippen molar-refractivity contribution < 1.29 is 15.0 Å². The van der Waals surface area contributed by atoms with Gasteiger partial charge in [-0.3, -0.25) is 4.79 Å². The van der Waals surface area contributed by atoms with E-state index in [1.165, 1.54) is 0 Å². The van der Waals surface area contributed by atoms with Crippen LogP contribution >= 0.6 is 0 Å². The van der Waals surface area contributed by atoms with Crippen LogP contribution in [-0.4, -0.2) is 34.1 Å². The number of phenols is 2. The zero-order valence-electron chi connectivity index (χ0n) is 22.7. The van der Waals surface area contributed by atoms with Gasteiger partial charge < -0.3 is 15.1 Å². The zero-order chi connectivity index (χ0) is 25.7. The summed E-state index contributed by atoms with van der Waals surface area (Å²) in [6.07, 6.45) is 1.51. The summed E-state index contributed by atoms with van der Waals surface area (Å²) in [6, 6.07) is 8.37. The van der Waals surface area contributed by atoms with E-state index < -0.39 is 0 Å². The van der Waals surface area contributed by atoms with Crippen molar-refractivity contribution in [2.24, 2.45) is 0 Å². The van der Waals surface area contributed by atoms with Crippen LogP contribution in [0.15, 0.2) is 24.3 Å². The predicted octanol–water partition coefficient (Wildman–Crippen LogP) is 7.23. The Bertz CT molecular complexity index is 857. The first kappa shape index (κ1) is 27.8. The summed E-state index contributed by atoms with van der Waals surface area (Å²) in [4.78, 5) is 14.4. The van der Waals surface area contributed by atoms with Crippen molar-refractivity contribution in [2.75, 3.05) is 13.1 Å². The normalized spacial score (nSPS) is 11.8. The maximum atomic E-state index is 12.4. The molecule has 2 rings (SSSR count). The average molecular weight is 468 g/mol. The van der Waals surface area contributed by atoms with Gasteiger partial charge in [-0.2, -0.15) is 0 Å². The van der Waals surface area contributed by atoms with Gasteiger partial charge in [-0.05, 0) is 69.9 Å². The van der Waals surface area contributed by atoms with E-state index >= 15 is 0 Å². The molecular weight excluding hydrogens is 422 g/mol. The van der Waals surface area contributed by atoms with Crippen molar-refractivity contribution in [3.8, 4) is 11.5 Å². The molecule has 0 spiro atoms. The van der Waals surface area contributed by atoms with E-state index in [1.54, 1.807) is 6.92 Å². The number of hydrogen-bond donors (Lipinski definition) is 2. The van der Waals surface area contributed by atoms with Crippen LogP contribution in [-0.2, 0) is 17.6 Å². The molecule has 0 saturated heterocycles. The fourth-order valence-corrected chi connectivity index (χ4v) is 4.49. The fourth-order valence-electron chi connectivity index (χ4n) is 4.49. The molecule has 0 unspecified atom stereocenters. The molecule has 0 fully saturated rings. The van der Waals surface area contributed by atoms with Gasteiger partial charge >= 0.3 is 0 Å². The topological polar surface area (TPSA) is 60.8 Å². The van der Waals surface area contributed by atoms with Crippen LogP contribution in [0.4, 0.5) is 0 Å². The second-order valence-corrected chi connectivity index (χ2v) is 10.9. The van der Waals surface area contributed by atoms with Crippen molar-refractivity contribution in [2.45, 2.75) is 98.8 Å². The Morgan fingerprint density at radius 1 is 0.647 bits per heavy atom. The van der Waals surface area contributed by atoms with Gasteiger partial charge in [0.25, 0.3) is 0 Å². The number of amides is 1. The van der Waals surface area contributed by atoms with Crippen molar-refractivity contribution >= 4 is 5.91 Å². The van der Waals surface area contributed by atoms with Gasteiger partial charge in [-0.15, -0.1) is 0 Å². The van der Waals surface area contributed by atoms with Crippen LogP contribution in [0, 0.1) is 0 Å². The molecule has 4 heteroatoms. The van der Waals surface area contributed by atoms with E-state index in [9.17, 15) is 15.0 Å². The lowest BCUT2D eigenvalue weighted by Gasteiger charge is -2.23. The average Bonchev–Trinajstić information content (AvgIpc) is 2.74. The summed E-state index contributed by atoms with van der Waals surface area (Å²) in [5.74, 6) is 1.83. The van der Waals surface area contributed by atoms with Gasteiger partial charge in [-0.25, -0.2) is 0 Å². The van der Waals surface area contributed by atoms with Crippen molar-refractivity contribution in [1.82, 2.24) is 4.90 Å². The number of rotatable bonds is 10. The summed E-state index contributed by atoms with van der Waals surface area (Å²) in [5.41, 5.74) is 6.21. The number of carbonyl (C=O) groups excluding carboxylic acids is 1. The first-order chi connectivity index (χ1) is 15.8. The molecule has 0 aliphatic heterocycles. The van der Waals surface area contributed by atoms with Crippen LogP contribution in [0.25, 0.3) is 0 Å². The molecule has 0 aliphatic carbocycles. The van der Waals surface area contributed by atoms with E-state index in [1.807, 2.05) is 4.90 Å². The largest absolute Gasteiger partial charge is 0.507 e. The van der Waals surface area contributed by atoms with Gasteiger partial charge in [0, 0.05) is 20.0 Å². The van der Waals surface area contributed by atoms with Crippen LogP contribution in [0.2, 0.25) is 0 Å². The van der Waals surface area contributed by atoms with E-state index in [4.69, 9.17) is 0 Å². The number of aromatic hydroxyl groups is 2. The molecule has 0 aliphatic rings. The number of carbonyl (C=O) groups is 1. The maximum absolute atomic E-state index is 12.4. The van der Waals surface area contributed by atoms with E-state index in [0.717, 1.165) is 46.2 Å². The lowest BCUT2D eigenvalue weighted by molar-refractivity contribution is -0.128. The minimum atomic E-state index is 0.0684. The summed E-state index contributed by atoms with van der Waals surface area (Å²) < 4.78 is 0. The summed E-state index contributed by atoms with van der Waals surface area (Å²) in [7, 11) is 0. The monoisotopic (exact) mass is 467 g/mol. The Morgan fingerprint density at radius 2 is 0.912 bits per heavy atom. The van der Waals surface area contributed by atoms with Gasteiger partial charge in [0.05, 0.1) is 0 Å². The molecule has 2 N–H and O–H groups in total. The van der Waals surface area contributed by atoms with E-state index in [2.05, 4.69) is 79.7 Å². The fraction of sp³-hybridized carbons (Fsp3) is 0.567. The van der Waals surface area contributed by atoms with Gasteiger partial charge in [0.15, 0.2) is 0 Å². The summed E-state index contributed by atoms with van der Waals surface area (Å²) in [6.45, 7) is 19.7. The zero-order valence-corrected chi connectivity index (χ0v) is 22.7. The van der Waals surface area contributed by atoms with Crippen LogP contribution in [0.5, 0.6) is 11.5 Å². The first-order valence-electron chi connectivity index (χ1n) is 12.8. The third kappa shape index (κ3) is 6.77. The summed E-state index contributed by atoms with van der Waals surface area (Å²) in [5, 5.41) is 21.4. The molecule has 34 heavy (non-hydrogen) atoms. The van der Waals surface area contributed by atoms with Crippen molar-refractivity contribution in [3.63, 3.8) is 0 Å². The van der Waals surface area contributed by atoms with Crippen LogP contribution in [0.1, 0.15) is 119 Å². The molecular formula is C30H45NO3. The summed E-state index contributed by atoms with van der Waals surface area (Å²) >= 11 is 0. The minimum absolute atomic E-state index is 0.0684. The number of hydrogen-bond acceptors (Lipinski definition) is 3. The molecule has 0 saturated carbocycles. The third-order valence-corrected chi connectivity index (χ3v) is 6.73. The molecule has 0 heterocycles. The number of benzene rings is 2. The molecule has 2 aromatic rings. The number of nitrogens with zero attached hydrogens (tertiary/aromatic N) is 1. The molecule has 1 amide bonds. The highest BCUT2D eigenvalue weighted by atomic mass is 16.3. The van der Waals surface area contributed by atoms with Gasteiger partial charge in [0.1, 0.15) is 11.5 Å². The van der Waals surface area contributed by atoms with Gasteiger partial charge in [0.2, 0.25) is 5.91 Å². The Labute approximate surface area is 207 Å². The van der Waals surface area contributed by atoms with E-state index in [0.29, 0.717) is 24.6 Å². The second kappa shape index (κ2) is 11.8. The Balaban J connectivity index is 2.22. The molecule has 188 valence electrons. The highest BCUT2D eigenvalue weighted by Crippen LogP contribution is 2.36. The van der Waals surface area contributed by atoms with E-state index in [-0.39, 0.29) is 29.6 Å². The first-order valence-corrected chi connectivity index (χ1v) is 12.8. The number of phenolic OH excluding ortho intramolecular Hbond substituents is 2. The van der Waals surface area contributed by atoms with Crippen molar-refractivity contribution in [3.05, 3.63) is 57.6 Å².